The van der Waals surface area contributed by atoms with Crippen molar-refractivity contribution in [3.63, 3.8) is 0 Å². The Kier molecular flexibility index (Phi) is 4.41. The first kappa shape index (κ1) is 14.1. The molecule has 0 radical (unpaired) electrons. The monoisotopic (exact) mass is 352 g/mol. The number of thiophene rings is 1. The molecule has 0 fully saturated rings. The van der Waals surface area contributed by atoms with Gasteiger partial charge in [0.05, 0.1) is 12.6 Å². The largest absolute Gasteiger partial charge is 0.493 e. The van der Waals surface area contributed by atoms with Gasteiger partial charge in [-0.3, -0.25) is 11.3 Å². The molecule has 1 aromatic heterocycles. The van der Waals surface area contributed by atoms with Gasteiger partial charge in [0.25, 0.3) is 0 Å². The zero-order chi connectivity index (χ0) is 13.9. The number of halogens is 1. The van der Waals surface area contributed by atoms with Crippen molar-refractivity contribution in [3.8, 4) is 5.75 Å². The molecule has 3 nitrogen and oxygen atoms in total. The van der Waals surface area contributed by atoms with Gasteiger partial charge in [0.1, 0.15) is 5.75 Å². The fourth-order valence-electron chi connectivity index (χ4n) is 2.75. The van der Waals surface area contributed by atoms with Crippen molar-refractivity contribution in [2.75, 3.05) is 6.61 Å². The van der Waals surface area contributed by atoms with Crippen LogP contribution in [-0.4, -0.2) is 6.61 Å². The van der Waals surface area contributed by atoms with Gasteiger partial charge >= 0.3 is 0 Å². The van der Waals surface area contributed by atoms with E-state index in [1.54, 1.807) is 11.3 Å². The third-order valence-corrected chi connectivity index (χ3v) is 5.75. The Bertz CT molecular complexity index is 587. The van der Waals surface area contributed by atoms with Gasteiger partial charge in [0.15, 0.2) is 0 Å². The van der Waals surface area contributed by atoms with Crippen LogP contribution in [0.5, 0.6) is 5.75 Å². The Hall–Kier alpha value is -0.880. The lowest BCUT2D eigenvalue weighted by atomic mass is 9.87. The lowest BCUT2D eigenvalue weighted by molar-refractivity contribution is 0.255. The van der Waals surface area contributed by atoms with Crippen LogP contribution >= 0.6 is 27.3 Å². The maximum atomic E-state index is 5.77. The molecule has 2 heterocycles. The van der Waals surface area contributed by atoms with Crippen molar-refractivity contribution >= 4 is 27.3 Å². The molecule has 2 aromatic rings. The highest BCUT2D eigenvalue weighted by atomic mass is 79.9. The van der Waals surface area contributed by atoms with Crippen molar-refractivity contribution in [2.45, 2.75) is 24.8 Å². The molecule has 1 aliphatic rings. The second-order valence-electron chi connectivity index (χ2n) is 4.96. The van der Waals surface area contributed by atoms with Gasteiger partial charge in [0, 0.05) is 9.35 Å². The summed E-state index contributed by atoms with van der Waals surface area (Å²) in [5.74, 6) is 7.27. The van der Waals surface area contributed by atoms with E-state index in [9.17, 15) is 0 Å². The van der Waals surface area contributed by atoms with Crippen LogP contribution in [0, 0.1) is 0 Å². The van der Waals surface area contributed by atoms with E-state index in [0.717, 1.165) is 29.7 Å². The second-order valence-corrected chi connectivity index (χ2v) is 6.76. The first-order chi connectivity index (χ1) is 9.79. The van der Waals surface area contributed by atoms with Gasteiger partial charge in [-0.1, -0.05) is 18.2 Å². The number of para-hydroxylation sites is 1. The molecular formula is C15H17BrN2OS. The fraction of sp³-hybridized carbons (Fsp3) is 0.333. The zero-order valence-corrected chi connectivity index (χ0v) is 13.4. The molecule has 2 unspecified atom stereocenters. The van der Waals surface area contributed by atoms with Crippen molar-refractivity contribution < 1.29 is 4.74 Å². The molecule has 0 spiro atoms. The second kappa shape index (κ2) is 6.26. The Balaban J connectivity index is 1.82. The average Bonchev–Trinajstić information content (AvgIpc) is 2.91. The van der Waals surface area contributed by atoms with Crippen LogP contribution in [0.25, 0.3) is 0 Å². The van der Waals surface area contributed by atoms with E-state index >= 15 is 0 Å². The van der Waals surface area contributed by atoms with Crippen LogP contribution in [0.1, 0.15) is 35.2 Å². The van der Waals surface area contributed by atoms with Gasteiger partial charge < -0.3 is 4.74 Å². The molecular weight excluding hydrogens is 336 g/mol. The summed E-state index contributed by atoms with van der Waals surface area (Å²) in [6.07, 6.45) is 2.02. The molecule has 2 atom stereocenters. The SMILES string of the molecule is NNC(CC1CCOc2ccccc21)c1sccc1Br. The van der Waals surface area contributed by atoms with E-state index in [1.807, 2.05) is 12.1 Å². The predicted octanol–water partition coefficient (Wildman–Crippen LogP) is 3.97. The van der Waals surface area contributed by atoms with Crippen molar-refractivity contribution in [3.05, 3.63) is 50.6 Å². The number of fused-ring (bicyclic) bond motifs is 1. The summed E-state index contributed by atoms with van der Waals surface area (Å²) in [5.41, 5.74) is 4.26. The topological polar surface area (TPSA) is 47.3 Å². The smallest absolute Gasteiger partial charge is 0.122 e. The van der Waals surface area contributed by atoms with E-state index in [-0.39, 0.29) is 6.04 Å². The lowest BCUT2D eigenvalue weighted by Crippen LogP contribution is -2.30. The standard InChI is InChI=1S/C15H17BrN2OS/c16-12-6-8-20-15(12)13(18-17)9-10-5-7-19-14-4-2-1-3-11(10)14/h1-4,6,8,10,13,18H,5,7,9,17H2. The third kappa shape index (κ3) is 2.76. The predicted molar refractivity (Wildman–Crippen MR) is 86.0 cm³/mol. The summed E-state index contributed by atoms with van der Waals surface area (Å²) in [7, 11) is 0. The van der Waals surface area contributed by atoms with Crippen LogP contribution in [0.2, 0.25) is 0 Å². The number of ether oxygens (including phenoxy) is 1. The number of hydrogen-bond acceptors (Lipinski definition) is 4. The maximum Gasteiger partial charge on any atom is 0.122 e. The molecule has 106 valence electrons. The molecule has 3 N–H and O–H groups in total. The minimum absolute atomic E-state index is 0.167. The molecule has 5 heteroatoms. The van der Waals surface area contributed by atoms with Crippen LogP contribution in [0.15, 0.2) is 40.2 Å². The number of nitrogens with one attached hydrogen (secondary N) is 1. The summed E-state index contributed by atoms with van der Waals surface area (Å²) in [5, 5.41) is 2.09. The number of rotatable bonds is 4. The number of benzene rings is 1. The van der Waals surface area contributed by atoms with Gasteiger partial charge in [-0.25, -0.2) is 0 Å². The van der Waals surface area contributed by atoms with Crippen LogP contribution in [0.4, 0.5) is 0 Å². The molecule has 1 aromatic carbocycles. The van der Waals surface area contributed by atoms with Crippen molar-refractivity contribution in [1.82, 2.24) is 5.43 Å². The zero-order valence-electron chi connectivity index (χ0n) is 11.0. The van der Waals surface area contributed by atoms with Crippen LogP contribution in [-0.2, 0) is 0 Å². The Morgan fingerprint density at radius 1 is 1.40 bits per heavy atom. The molecule has 1 aliphatic heterocycles. The Morgan fingerprint density at radius 2 is 2.25 bits per heavy atom. The minimum Gasteiger partial charge on any atom is -0.493 e. The summed E-state index contributed by atoms with van der Waals surface area (Å²) in [6.45, 7) is 0.782. The summed E-state index contributed by atoms with van der Waals surface area (Å²) >= 11 is 5.33. The van der Waals surface area contributed by atoms with Gasteiger partial charge in [-0.2, -0.15) is 0 Å². The quantitative estimate of drug-likeness (QED) is 0.646. The highest BCUT2D eigenvalue weighted by Gasteiger charge is 2.26. The molecule has 3 rings (SSSR count). The number of nitrogens with two attached hydrogens (primary N) is 1. The molecule has 0 saturated heterocycles. The Morgan fingerprint density at radius 3 is 3.00 bits per heavy atom. The van der Waals surface area contributed by atoms with E-state index < -0.39 is 0 Å². The molecule has 0 aliphatic carbocycles. The van der Waals surface area contributed by atoms with Crippen molar-refractivity contribution in [2.24, 2.45) is 5.84 Å². The summed E-state index contributed by atoms with van der Waals surface area (Å²) < 4.78 is 6.86. The maximum absolute atomic E-state index is 5.77. The highest BCUT2D eigenvalue weighted by molar-refractivity contribution is 9.10. The van der Waals surface area contributed by atoms with E-state index in [1.165, 1.54) is 10.4 Å². The normalized spacial score (nSPS) is 19.2. The van der Waals surface area contributed by atoms with Crippen LogP contribution < -0.4 is 16.0 Å². The number of hydrogen-bond donors (Lipinski definition) is 2. The number of hydrazine groups is 1. The van der Waals surface area contributed by atoms with Crippen LogP contribution in [0.3, 0.4) is 0 Å². The highest BCUT2D eigenvalue weighted by Crippen LogP contribution is 2.40. The summed E-state index contributed by atoms with van der Waals surface area (Å²) in [4.78, 5) is 1.26. The van der Waals surface area contributed by atoms with E-state index in [2.05, 4.69) is 44.9 Å². The first-order valence-electron chi connectivity index (χ1n) is 6.70. The summed E-state index contributed by atoms with van der Waals surface area (Å²) in [6, 6.07) is 10.6. The molecule has 0 bridgehead atoms. The minimum atomic E-state index is 0.167. The average molecular weight is 353 g/mol. The van der Waals surface area contributed by atoms with Gasteiger partial charge in [-0.15, -0.1) is 11.3 Å². The lowest BCUT2D eigenvalue weighted by Gasteiger charge is -2.28. The fourth-order valence-corrected chi connectivity index (χ4v) is 4.47. The van der Waals surface area contributed by atoms with E-state index in [4.69, 9.17) is 10.6 Å². The van der Waals surface area contributed by atoms with Crippen molar-refractivity contribution in [1.29, 1.82) is 0 Å². The Labute approximate surface area is 131 Å². The molecule has 0 amide bonds. The first-order valence-corrected chi connectivity index (χ1v) is 8.37. The molecule has 0 saturated carbocycles. The molecule has 20 heavy (non-hydrogen) atoms. The van der Waals surface area contributed by atoms with E-state index in [0.29, 0.717) is 5.92 Å². The van der Waals surface area contributed by atoms with Gasteiger partial charge in [0.2, 0.25) is 0 Å². The third-order valence-electron chi connectivity index (χ3n) is 3.77. The van der Waals surface area contributed by atoms with Gasteiger partial charge in [-0.05, 0) is 57.8 Å².